The van der Waals surface area contributed by atoms with Crippen LogP contribution in [0.2, 0.25) is 0 Å². The number of esters is 1. The van der Waals surface area contributed by atoms with Crippen molar-refractivity contribution < 1.29 is 19.1 Å². The van der Waals surface area contributed by atoms with Gasteiger partial charge < -0.3 is 14.8 Å². The summed E-state index contributed by atoms with van der Waals surface area (Å²) in [6, 6.07) is 14.2. The number of carbonyl (C=O) groups excluding carboxylic acids is 2. The molecule has 0 aromatic heterocycles. The number of hydrogen-bond acceptors (Lipinski definition) is 5. The van der Waals surface area contributed by atoms with Crippen molar-refractivity contribution in [3.63, 3.8) is 0 Å². The number of benzene rings is 2. The van der Waals surface area contributed by atoms with E-state index in [9.17, 15) is 9.59 Å². The summed E-state index contributed by atoms with van der Waals surface area (Å²) in [6.45, 7) is 6.24. The van der Waals surface area contributed by atoms with Crippen LogP contribution < -0.4 is 15.4 Å². The SMILES string of the molecule is COC(=O)c1ccc(NC(=S)NC(=O)COc2ccc(C(C)(C)C)cc2)cc1. The third-order valence-corrected chi connectivity index (χ3v) is 4.11. The molecule has 0 fully saturated rings. The quantitative estimate of drug-likeness (QED) is 0.589. The Bertz CT molecular complexity index is 840. The van der Waals surface area contributed by atoms with Crippen molar-refractivity contribution >= 4 is 34.9 Å². The Morgan fingerprint density at radius 1 is 1.00 bits per heavy atom. The Morgan fingerprint density at radius 2 is 1.61 bits per heavy atom. The summed E-state index contributed by atoms with van der Waals surface area (Å²) in [5.74, 6) is -0.181. The molecule has 2 N–H and O–H groups in total. The van der Waals surface area contributed by atoms with Crippen LogP contribution in [0.4, 0.5) is 5.69 Å². The zero-order chi connectivity index (χ0) is 20.7. The Morgan fingerprint density at radius 3 is 2.14 bits per heavy atom. The number of rotatable bonds is 5. The minimum absolute atomic E-state index is 0.0583. The second-order valence-corrected chi connectivity index (χ2v) is 7.54. The van der Waals surface area contributed by atoms with Crippen LogP contribution >= 0.6 is 12.2 Å². The van der Waals surface area contributed by atoms with Crippen molar-refractivity contribution in [2.45, 2.75) is 26.2 Å². The van der Waals surface area contributed by atoms with E-state index in [2.05, 4.69) is 36.1 Å². The van der Waals surface area contributed by atoms with Gasteiger partial charge in [0, 0.05) is 5.69 Å². The van der Waals surface area contributed by atoms with Gasteiger partial charge in [0.2, 0.25) is 0 Å². The molecule has 0 saturated heterocycles. The summed E-state index contributed by atoms with van der Waals surface area (Å²) in [7, 11) is 1.32. The molecule has 0 heterocycles. The van der Waals surface area contributed by atoms with Gasteiger partial charge >= 0.3 is 5.97 Å². The number of anilines is 1. The molecule has 0 saturated carbocycles. The average Bonchev–Trinajstić information content (AvgIpc) is 2.66. The van der Waals surface area contributed by atoms with E-state index in [0.29, 0.717) is 17.0 Å². The molecule has 0 aliphatic carbocycles. The standard InChI is InChI=1S/C21H24N2O4S/c1-21(2,3)15-7-11-17(12-8-15)27-13-18(24)23-20(28)22-16-9-5-14(6-10-16)19(25)26-4/h5-12H,13H2,1-4H3,(H2,22,23,24,28). The largest absolute Gasteiger partial charge is 0.484 e. The lowest BCUT2D eigenvalue weighted by Crippen LogP contribution is -2.37. The van der Waals surface area contributed by atoms with Gasteiger partial charge in [0.1, 0.15) is 5.75 Å². The van der Waals surface area contributed by atoms with E-state index in [1.807, 2.05) is 24.3 Å². The molecular formula is C21H24N2O4S. The summed E-state index contributed by atoms with van der Waals surface area (Å²) in [5.41, 5.74) is 2.31. The van der Waals surface area contributed by atoms with Gasteiger partial charge in [-0.1, -0.05) is 32.9 Å². The van der Waals surface area contributed by atoms with E-state index in [1.165, 1.54) is 12.7 Å². The Hall–Kier alpha value is -2.93. The van der Waals surface area contributed by atoms with Crippen molar-refractivity contribution in [1.82, 2.24) is 5.32 Å². The van der Waals surface area contributed by atoms with E-state index in [-0.39, 0.29) is 23.0 Å². The second-order valence-electron chi connectivity index (χ2n) is 7.13. The highest BCUT2D eigenvalue weighted by atomic mass is 32.1. The maximum absolute atomic E-state index is 12.0. The fourth-order valence-corrected chi connectivity index (χ4v) is 2.56. The highest BCUT2D eigenvalue weighted by molar-refractivity contribution is 7.80. The third-order valence-electron chi connectivity index (χ3n) is 3.91. The van der Waals surface area contributed by atoms with E-state index < -0.39 is 5.97 Å². The maximum Gasteiger partial charge on any atom is 0.337 e. The number of methoxy groups -OCH3 is 1. The number of hydrogen-bond donors (Lipinski definition) is 2. The first-order chi connectivity index (χ1) is 13.2. The van der Waals surface area contributed by atoms with Crippen molar-refractivity contribution in [3.8, 4) is 5.75 Å². The fourth-order valence-electron chi connectivity index (χ4n) is 2.33. The molecule has 0 unspecified atom stereocenters. The van der Waals surface area contributed by atoms with Gasteiger partial charge in [0.05, 0.1) is 12.7 Å². The number of amides is 1. The number of carbonyl (C=O) groups is 2. The van der Waals surface area contributed by atoms with E-state index in [0.717, 1.165) is 0 Å². The molecule has 0 spiro atoms. The summed E-state index contributed by atoms with van der Waals surface area (Å²) in [5, 5.41) is 5.56. The molecule has 1 amide bonds. The lowest BCUT2D eigenvalue weighted by Gasteiger charge is -2.19. The first-order valence-electron chi connectivity index (χ1n) is 8.71. The molecule has 7 heteroatoms. The molecule has 2 aromatic rings. The average molecular weight is 401 g/mol. The fraction of sp³-hybridized carbons (Fsp3) is 0.286. The molecule has 0 atom stereocenters. The Balaban J connectivity index is 1.81. The predicted molar refractivity (Wildman–Crippen MR) is 113 cm³/mol. The van der Waals surface area contributed by atoms with Gasteiger partial charge in [-0.3, -0.25) is 10.1 Å². The molecule has 6 nitrogen and oxygen atoms in total. The van der Waals surface area contributed by atoms with Crippen LogP contribution in [0.25, 0.3) is 0 Å². The monoisotopic (exact) mass is 400 g/mol. The topological polar surface area (TPSA) is 76.7 Å². The van der Waals surface area contributed by atoms with Crippen LogP contribution in [0, 0.1) is 0 Å². The Labute approximate surface area is 170 Å². The van der Waals surface area contributed by atoms with E-state index in [4.69, 9.17) is 17.0 Å². The van der Waals surface area contributed by atoms with Crippen LogP contribution in [-0.2, 0) is 14.9 Å². The van der Waals surface area contributed by atoms with Gasteiger partial charge in [0.15, 0.2) is 11.7 Å². The summed E-state index contributed by atoms with van der Waals surface area (Å²) >= 11 is 5.12. The van der Waals surface area contributed by atoms with Crippen molar-refractivity contribution in [3.05, 3.63) is 59.7 Å². The molecule has 28 heavy (non-hydrogen) atoms. The lowest BCUT2D eigenvalue weighted by atomic mass is 9.87. The van der Waals surface area contributed by atoms with Gasteiger partial charge in [-0.2, -0.15) is 0 Å². The molecule has 0 aliphatic heterocycles. The highest BCUT2D eigenvalue weighted by Gasteiger charge is 2.13. The molecule has 0 radical (unpaired) electrons. The minimum atomic E-state index is -0.421. The summed E-state index contributed by atoms with van der Waals surface area (Å²) < 4.78 is 10.1. The normalized spacial score (nSPS) is 10.7. The van der Waals surface area contributed by atoms with Crippen molar-refractivity contribution in [2.24, 2.45) is 0 Å². The van der Waals surface area contributed by atoms with Gasteiger partial charge in [-0.05, 0) is 59.6 Å². The zero-order valence-corrected chi connectivity index (χ0v) is 17.2. The van der Waals surface area contributed by atoms with Gasteiger partial charge in [-0.15, -0.1) is 0 Å². The van der Waals surface area contributed by atoms with Crippen LogP contribution in [0.3, 0.4) is 0 Å². The first kappa shape index (κ1) is 21.4. The van der Waals surface area contributed by atoms with Crippen LogP contribution in [0.5, 0.6) is 5.75 Å². The van der Waals surface area contributed by atoms with Gasteiger partial charge in [0.25, 0.3) is 5.91 Å². The zero-order valence-electron chi connectivity index (χ0n) is 16.4. The molecular weight excluding hydrogens is 376 g/mol. The number of nitrogens with one attached hydrogen (secondary N) is 2. The van der Waals surface area contributed by atoms with Crippen LogP contribution in [-0.4, -0.2) is 30.7 Å². The lowest BCUT2D eigenvalue weighted by molar-refractivity contribution is -0.121. The highest BCUT2D eigenvalue weighted by Crippen LogP contribution is 2.24. The van der Waals surface area contributed by atoms with E-state index in [1.54, 1.807) is 24.3 Å². The number of thiocarbonyl (C=S) groups is 1. The smallest absolute Gasteiger partial charge is 0.337 e. The van der Waals surface area contributed by atoms with Crippen molar-refractivity contribution in [2.75, 3.05) is 19.0 Å². The summed E-state index contributed by atoms with van der Waals surface area (Å²) in [4.78, 5) is 23.4. The summed E-state index contributed by atoms with van der Waals surface area (Å²) in [6.07, 6.45) is 0. The number of ether oxygens (including phenoxy) is 2. The molecule has 2 rings (SSSR count). The second kappa shape index (κ2) is 9.32. The van der Waals surface area contributed by atoms with Crippen LogP contribution in [0.1, 0.15) is 36.7 Å². The minimum Gasteiger partial charge on any atom is -0.484 e. The maximum atomic E-state index is 12.0. The molecule has 0 bridgehead atoms. The van der Waals surface area contributed by atoms with Crippen LogP contribution in [0.15, 0.2) is 48.5 Å². The molecule has 0 aliphatic rings. The van der Waals surface area contributed by atoms with E-state index >= 15 is 0 Å². The molecule has 2 aromatic carbocycles. The molecule has 148 valence electrons. The van der Waals surface area contributed by atoms with Crippen molar-refractivity contribution in [1.29, 1.82) is 0 Å². The predicted octanol–water partition coefficient (Wildman–Crippen LogP) is 3.66. The third kappa shape index (κ3) is 6.35. The van der Waals surface area contributed by atoms with Gasteiger partial charge in [-0.25, -0.2) is 4.79 Å². The first-order valence-corrected chi connectivity index (χ1v) is 9.12. The Kier molecular flexibility index (Phi) is 7.12.